The molecule has 0 saturated carbocycles. The van der Waals surface area contributed by atoms with E-state index in [4.69, 9.17) is 16.3 Å². The maximum atomic E-state index is 6.14. The van der Waals surface area contributed by atoms with Crippen molar-refractivity contribution in [1.29, 1.82) is 0 Å². The van der Waals surface area contributed by atoms with Crippen molar-refractivity contribution >= 4 is 11.6 Å². The van der Waals surface area contributed by atoms with Gasteiger partial charge in [0.2, 0.25) is 0 Å². The van der Waals surface area contributed by atoms with E-state index in [9.17, 15) is 0 Å². The molecule has 0 aromatic heterocycles. The number of rotatable bonds is 8. The van der Waals surface area contributed by atoms with Crippen molar-refractivity contribution in [3.05, 3.63) is 0 Å². The molecule has 1 aliphatic rings. The molecule has 96 valence electrons. The van der Waals surface area contributed by atoms with Crippen LogP contribution in [0, 0.1) is 5.92 Å². The van der Waals surface area contributed by atoms with E-state index in [2.05, 4.69) is 6.92 Å². The molecule has 0 amide bonds. The Morgan fingerprint density at radius 3 is 2.44 bits per heavy atom. The summed E-state index contributed by atoms with van der Waals surface area (Å²) in [5, 5.41) is 0. The summed E-state index contributed by atoms with van der Waals surface area (Å²) in [7, 11) is 0. The minimum absolute atomic E-state index is 0.00570. The number of halogens is 1. The molecule has 0 aliphatic carbocycles. The summed E-state index contributed by atoms with van der Waals surface area (Å²) in [6.07, 6.45) is 13.4. The van der Waals surface area contributed by atoms with Gasteiger partial charge in [-0.3, -0.25) is 0 Å². The average molecular weight is 247 g/mol. The highest BCUT2D eigenvalue weighted by Crippen LogP contribution is 2.28. The summed E-state index contributed by atoms with van der Waals surface area (Å²) in [5.41, 5.74) is -0.00570. The zero-order valence-electron chi connectivity index (χ0n) is 10.7. The molecule has 16 heavy (non-hydrogen) atoms. The Balaban J connectivity index is 1.90. The topological polar surface area (TPSA) is 9.23 Å². The van der Waals surface area contributed by atoms with Crippen LogP contribution in [0.25, 0.3) is 0 Å². The van der Waals surface area contributed by atoms with Gasteiger partial charge >= 0.3 is 0 Å². The number of ether oxygens (including phenoxy) is 1. The summed E-state index contributed by atoms with van der Waals surface area (Å²) < 4.78 is 5.47. The van der Waals surface area contributed by atoms with Crippen molar-refractivity contribution in [3.63, 3.8) is 0 Å². The highest BCUT2D eigenvalue weighted by molar-refractivity contribution is 6.19. The van der Waals surface area contributed by atoms with Gasteiger partial charge in [-0.15, -0.1) is 0 Å². The molecule has 0 bridgehead atoms. The van der Waals surface area contributed by atoms with Gasteiger partial charge in [-0.25, -0.2) is 0 Å². The summed E-state index contributed by atoms with van der Waals surface area (Å²) in [4.78, 5) is 0. The Morgan fingerprint density at radius 2 is 1.75 bits per heavy atom. The van der Waals surface area contributed by atoms with E-state index in [0.29, 0.717) is 5.92 Å². The van der Waals surface area contributed by atoms with Crippen LogP contribution in [0.4, 0.5) is 0 Å². The maximum absolute atomic E-state index is 6.14. The molecular formula is C14H27ClO. The van der Waals surface area contributed by atoms with Gasteiger partial charge in [0.25, 0.3) is 0 Å². The summed E-state index contributed by atoms with van der Waals surface area (Å²) in [6.45, 7) is 3.13. The van der Waals surface area contributed by atoms with E-state index in [1.54, 1.807) is 0 Å². The molecule has 0 spiro atoms. The van der Waals surface area contributed by atoms with Crippen LogP contribution in [0.3, 0.4) is 0 Å². The highest BCUT2D eigenvalue weighted by Gasteiger charge is 2.22. The monoisotopic (exact) mass is 246 g/mol. The summed E-state index contributed by atoms with van der Waals surface area (Å²) in [5.74, 6) is 0.617. The van der Waals surface area contributed by atoms with Crippen LogP contribution in [-0.2, 0) is 4.74 Å². The van der Waals surface area contributed by atoms with E-state index in [-0.39, 0.29) is 5.56 Å². The van der Waals surface area contributed by atoms with Gasteiger partial charge in [-0.05, 0) is 25.2 Å². The lowest BCUT2D eigenvalue weighted by molar-refractivity contribution is 0.0213. The van der Waals surface area contributed by atoms with Crippen LogP contribution in [0.2, 0.25) is 0 Å². The lowest BCUT2D eigenvalue weighted by Crippen LogP contribution is -2.24. The molecule has 1 rings (SSSR count). The Bertz CT molecular complexity index is 161. The van der Waals surface area contributed by atoms with Gasteiger partial charge in [-0.2, -0.15) is 0 Å². The van der Waals surface area contributed by atoms with Crippen molar-refractivity contribution in [2.24, 2.45) is 5.92 Å². The Kier molecular flexibility index (Phi) is 8.32. The quantitative estimate of drug-likeness (QED) is 0.427. The maximum Gasteiger partial charge on any atom is 0.133 e. The third-order valence-corrected chi connectivity index (χ3v) is 4.03. The van der Waals surface area contributed by atoms with Crippen LogP contribution in [0.15, 0.2) is 0 Å². The summed E-state index contributed by atoms with van der Waals surface area (Å²) >= 11 is 6.14. The standard InChI is InChI=1S/C14H27ClO/c1-2-3-4-5-6-7-8-10-13-11-9-12-16-14(13)15/h13-14H,2-12H2,1H3. The predicted molar refractivity (Wildman–Crippen MR) is 70.9 cm³/mol. The zero-order valence-corrected chi connectivity index (χ0v) is 11.5. The van der Waals surface area contributed by atoms with E-state index in [1.165, 1.54) is 64.2 Å². The highest BCUT2D eigenvalue weighted by atomic mass is 35.5. The van der Waals surface area contributed by atoms with Gasteiger partial charge < -0.3 is 4.74 Å². The van der Waals surface area contributed by atoms with Crippen LogP contribution in [-0.4, -0.2) is 12.2 Å². The molecule has 0 N–H and O–H groups in total. The lowest BCUT2D eigenvalue weighted by Gasteiger charge is -2.27. The second-order valence-electron chi connectivity index (χ2n) is 5.03. The van der Waals surface area contributed by atoms with E-state index < -0.39 is 0 Å². The molecule has 0 radical (unpaired) electrons. The molecule has 1 aliphatic heterocycles. The second kappa shape index (κ2) is 9.30. The number of unbranched alkanes of at least 4 members (excludes halogenated alkanes) is 6. The van der Waals surface area contributed by atoms with Gasteiger partial charge in [0.1, 0.15) is 5.56 Å². The molecule has 1 heterocycles. The third kappa shape index (κ3) is 6.10. The smallest absolute Gasteiger partial charge is 0.133 e. The van der Waals surface area contributed by atoms with Gasteiger partial charge in [0.15, 0.2) is 0 Å². The second-order valence-corrected chi connectivity index (χ2v) is 5.46. The summed E-state index contributed by atoms with van der Waals surface area (Å²) in [6, 6.07) is 0. The van der Waals surface area contributed by atoms with Gasteiger partial charge in [0, 0.05) is 6.61 Å². The normalized spacial score (nSPS) is 25.9. The lowest BCUT2D eigenvalue weighted by atomic mass is 9.95. The first-order chi connectivity index (χ1) is 7.84. The number of alkyl halides is 1. The van der Waals surface area contributed by atoms with E-state index in [0.717, 1.165) is 6.61 Å². The number of hydrogen-bond donors (Lipinski definition) is 0. The Hall–Kier alpha value is 0.250. The first-order valence-electron chi connectivity index (χ1n) is 7.10. The first kappa shape index (κ1) is 14.3. The fourth-order valence-electron chi connectivity index (χ4n) is 2.45. The minimum Gasteiger partial charge on any atom is -0.362 e. The Labute approximate surface area is 106 Å². The SMILES string of the molecule is CCCCCCCCCC1CCCOC1Cl. The molecule has 2 atom stereocenters. The van der Waals surface area contributed by atoms with Crippen molar-refractivity contribution < 1.29 is 4.74 Å². The third-order valence-electron chi connectivity index (χ3n) is 3.55. The van der Waals surface area contributed by atoms with Crippen LogP contribution in [0.1, 0.15) is 71.1 Å². The average Bonchev–Trinajstić information content (AvgIpc) is 2.30. The molecule has 1 nitrogen and oxygen atoms in total. The van der Waals surface area contributed by atoms with Crippen LogP contribution < -0.4 is 0 Å². The number of hydrogen-bond acceptors (Lipinski definition) is 1. The molecule has 2 heteroatoms. The molecule has 0 aromatic rings. The predicted octanol–water partition coefficient (Wildman–Crippen LogP) is 5.12. The molecule has 0 aromatic carbocycles. The van der Waals surface area contributed by atoms with Crippen LogP contribution in [0.5, 0.6) is 0 Å². The van der Waals surface area contributed by atoms with E-state index >= 15 is 0 Å². The van der Waals surface area contributed by atoms with Crippen molar-refractivity contribution in [1.82, 2.24) is 0 Å². The van der Waals surface area contributed by atoms with Crippen LogP contribution >= 0.6 is 11.6 Å². The fourth-order valence-corrected chi connectivity index (χ4v) is 2.79. The molecular weight excluding hydrogens is 220 g/mol. The van der Waals surface area contributed by atoms with Gasteiger partial charge in [0.05, 0.1) is 0 Å². The largest absolute Gasteiger partial charge is 0.362 e. The molecule has 1 saturated heterocycles. The first-order valence-corrected chi connectivity index (χ1v) is 7.54. The van der Waals surface area contributed by atoms with Gasteiger partial charge in [-0.1, -0.05) is 63.5 Å². The molecule has 2 unspecified atom stereocenters. The van der Waals surface area contributed by atoms with Crippen molar-refractivity contribution in [3.8, 4) is 0 Å². The minimum atomic E-state index is -0.00570. The van der Waals surface area contributed by atoms with Crippen molar-refractivity contribution in [2.45, 2.75) is 76.7 Å². The van der Waals surface area contributed by atoms with E-state index in [1.807, 2.05) is 0 Å². The fraction of sp³-hybridized carbons (Fsp3) is 1.00. The van der Waals surface area contributed by atoms with Crippen molar-refractivity contribution in [2.75, 3.05) is 6.61 Å². The molecule has 1 fully saturated rings. The zero-order chi connectivity index (χ0) is 11.6. The Morgan fingerprint density at radius 1 is 1.06 bits per heavy atom.